The highest BCUT2D eigenvalue weighted by Gasteiger charge is 2.13. The Kier molecular flexibility index (Phi) is 8.83. The molecule has 142 valence electrons. The van der Waals surface area contributed by atoms with Gasteiger partial charge in [0.05, 0.1) is 19.6 Å². The number of hydrogen-bond acceptors (Lipinski definition) is 6. The molecule has 0 bridgehead atoms. The highest BCUT2D eigenvalue weighted by molar-refractivity contribution is 5.97. The number of carbonyl (C=O) groups excluding carboxylic acids is 4. The summed E-state index contributed by atoms with van der Waals surface area (Å²) < 4.78 is 10.1. The van der Waals surface area contributed by atoms with Gasteiger partial charge in [0.15, 0.2) is 12.4 Å². The van der Waals surface area contributed by atoms with Gasteiger partial charge in [0.25, 0.3) is 5.91 Å². The van der Waals surface area contributed by atoms with Crippen LogP contribution >= 0.6 is 0 Å². The van der Waals surface area contributed by atoms with Crippen LogP contribution in [0, 0.1) is 0 Å². The number of amides is 2. The molecular formula is C18H24N2O6. The van der Waals surface area contributed by atoms with Crippen LogP contribution in [0.4, 0.5) is 0 Å². The van der Waals surface area contributed by atoms with Crippen molar-refractivity contribution in [2.75, 3.05) is 33.9 Å². The fourth-order valence-electron chi connectivity index (χ4n) is 1.87. The van der Waals surface area contributed by atoms with Crippen LogP contribution in [-0.4, -0.2) is 62.3 Å². The molecule has 1 rings (SSSR count). The minimum Gasteiger partial charge on any atom is -0.494 e. The Morgan fingerprint density at radius 2 is 1.69 bits per heavy atom. The first-order chi connectivity index (χ1) is 12.3. The van der Waals surface area contributed by atoms with E-state index >= 15 is 0 Å². The number of Topliss-reactive ketones (excluding diaryl/α,β-unsaturated/α-hetero) is 1. The van der Waals surface area contributed by atoms with Gasteiger partial charge in [-0.15, -0.1) is 0 Å². The zero-order valence-electron chi connectivity index (χ0n) is 15.2. The molecule has 1 aromatic carbocycles. The lowest BCUT2D eigenvalue weighted by Crippen LogP contribution is -2.38. The lowest BCUT2D eigenvalue weighted by Gasteiger charge is -2.11. The smallest absolute Gasteiger partial charge is 0.306 e. The highest BCUT2D eigenvalue weighted by Crippen LogP contribution is 2.14. The van der Waals surface area contributed by atoms with E-state index in [1.807, 2.05) is 6.92 Å². The molecule has 0 aliphatic carbocycles. The average molecular weight is 364 g/mol. The predicted molar refractivity (Wildman–Crippen MR) is 93.8 cm³/mol. The maximum atomic E-state index is 12.0. The van der Waals surface area contributed by atoms with Gasteiger partial charge in [-0.2, -0.15) is 0 Å². The summed E-state index contributed by atoms with van der Waals surface area (Å²) in [5.41, 5.74) is 0.473. The summed E-state index contributed by atoms with van der Waals surface area (Å²) >= 11 is 0. The third-order valence-electron chi connectivity index (χ3n) is 3.34. The van der Waals surface area contributed by atoms with E-state index in [0.29, 0.717) is 17.9 Å². The maximum Gasteiger partial charge on any atom is 0.306 e. The number of rotatable bonds is 10. The molecule has 2 amide bonds. The van der Waals surface area contributed by atoms with Crippen molar-refractivity contribution in [1.29, 1.82) is 0 Å². The molecule has 1 aromatic rings. The largest absolute Gasteiger partial charge is 0.494 e. The first-order valence-electron chi connectivity index (χ1n) is 8.22. The molecule has 0 spiro atoms. The van der Waals surface area contributed by atoms with E-state index in [1.54, 1.807) is 38.4 Å². The lowest BCUT2D eigenvalue weighted by atomic mass is 10.1. The van der Waals surface area contributed by atoms with Crippen LogP contribution in [0.3, 0.4) is 0 Å². The van der Waals surface area contributed by atoms with Gasteiger partial charge in [0.1, 0.15) is 5.75 Å². The molecular weight excluding hydrogens is 340 g/mol. The second kappa shape index (κ2) is 10.9. The number of likely N-dealkylation sites (N-methyl/N-ethyl adjacent to an activating group) is 1. The Balaban J connectivity index is 2.29. The molecule has 0 radical (unpaired) electrons. The van der Waals surface area contributed by atoms with Gasteiger partial charge < -0.3 is 19.7 Å². The molecule has 0 aliphatic heterocycles. The molecule has 0 heterocycles. The van der Waals surface area contributed by atoms with Gasteiger partial charge in [-0.1, -0.05) is 0 Å². The Morgan fingerprint density at radius 1 is 1.04 bits per heavy atom. The quantitative estimate of drug-likeness (QED) is 0.487. The molecule has 0 aromatic heterocycles. The minimum absolute atomic E-state index is 0.0203. The summed E-state index contributed by atoms with van der Waals surface area (Å²) in [4.78, 5) is 47.8. The minimum atomic E-state index is -0.654. The number of hydrogen-bond donors (Lipinski definition) is 1. The standard InChI is InChI=1S/C18H24N2O6/c1-4-25-14-7-5-13(6-8-14)15(21)9-10-18(24)26-12-16(22)19-11-17(23)20(2)3/h5-8H,4,9-12H2,1-3H3,(H,19,22). The molecule has 0 atom stereocenters. The fraction of sp³-hybridized carbons (Fsp3) is 0.444. The van der Waals surface area contributed by atoms with Crippen molar-refractivity contribution in [2.45, 2.75) is 19.8 Å². The second-order valence-corrected chi connectivity index (χ2v) is 5.61. The van der Waals surface area contributed by atoms with E-state index in [1.165, 1.54) is 4.90 Å². The first kappa shape index (κ1) is 21.1. The maximum absolute atomic E-state index is 12.0. The number of nitrogens with zero attached hydrogens (tertiary/aromatic N) is 1. The third-order valence-corrected chi connectivity index (χ3v) is 3.34. The van der Waals surface area contributed by atoms with Crippen molar-refractivity contribution in [2.24, 2.45) is 0 Å². The van der Waals surface area contributed by atoms with E-state index in [-0.39, 0.29) is 31.1 Å². The summed E-state index contributed by atoms with van der Waals surface area (Å²) in [6.07, 6.45) is -0.149. The van der Waals surface area contributed by atoms with Crippen LogP contribution in [0.5, 0.6) is 5.75 Å². The van der Waals surface area contributed by atoms with E-state index < -0.39 is 18.5 Å². The molecule has 0 fully saturated rings. The Hall–Kier alpha value is -2.90. The fourth-order valence-corrected chi connectivity index (χ4v) is 1.87. The van der Waals surface area contributed by atoms with E-state index in [4.69, 9.17) is 9.47 Å². The second-order valence-electron chi connectivity index (χ2n) is 5.61. The average Bonchev–Trinajstić information content (AvgIpc) is 2.63. The van der Waals surface area contributed by atoms with Crippen molar-refractivity contribution in [3.05, 3.63) is 29.8 Å². The van der Waals surface area contributed by atoms with Gasteiger partial charge in [-0.25, -0.2) is 0 Å². The lowest BCUT2D eigenvalue weighted by molar-refractivity contribution is -0.148. The van der Waals surface area contributed by atoms with Crippen molar-refractivity contribution in [3.63, 3.8) is 0 Å². The van der Waals surface area contributed by atoms with Gasteiger partial charge in [0, 0.05) is 26.1 Å². The Bertz CT molecular complexity index is 640. The van der Waals surface area contributed by atoms with Gasteiger partial charge in [-0.3, -0.25) is 19.2 Å². The monoisotopic (exact) mass is 364 g/mol. The van der Waals surface area contributed by atoms with Crippen LogP contribution in [0.2, 0.25) is 0 Å². The zero-order valence-corrected chi connectivity index (χ0v) is 15.2. The van der Waals surface area contributed by atoms with E-state index in [2.05, 4.69) is 5.32 Å². The summed E-state index contributed by atoms with van der Waals surface area (Å²) in [5, 5.41) is 2.34. The molecule has 0 aliphatic rings. The normalized spacial score (nSPS) is 9.96. The zero-order chi connectivity index (χ0) is 19.5. The molecule has 1 N–H and O–H groups in total. The third kappa shape index (κ3) is 7.78. The van der Waals surface area contributed by atoms with Crippen molar-refractivity contribution >= 4 is 23.6 Å². The molecule has 26 heavy (non-hydrogen) atoms. The number of esters is 1. The summed E-state index contributed by atoms with van der Waals surface area (Å²) in [6.45, 7) is 1.75. The number of benzene rings is 1. The summed E-state index contributed by atoms with van der Waals surface area (Å²) in [6, 6.07) is 6.64. The summed E-state index contributed by atoms with van der Waals surface area (Å²) in [7, 11) is 3.13. The molecule has 8 heteroatoms. The van der Waals surface area contributed by atoms with Crippen LogP contribution in [-0.2, 0) is 19.1 Å². The van der Waals surface area contributed by atoms with Crippen molar-refractivity contribution in [1.82, 2.24) is 10.2 Å². The Morgan fingerprint density at radius 3 is 2.27 bits per heavy atom. The number of ketones is 1. The number of ether oxygens (including phenoxy) is 2. The number of carbonyl (C=O) groups is 4. The van der Waals surface area contributed by atoms with Gasteiger partial charge >= 0.3 is 5.97 Å². The van der Waals surface area contributed by atoms with E-state index in [9.17, 15) is 19.2 Å². The molecule has 0 saturated heterocycles. The van der Waals surface area contributed by atoms with Gasteiger partial charge in [0.2, 0.25) is 5.91 Å². The van der Waals surface area contributed by atoms with Crippen molar-refractivity contribution < 1.29 is 28.7 Å². The highest BCUT2D eigenvalue weighted by atomic mass is 16.5. The van der Waals surface area contributed by atoms with Crippen LogP contribution < -0.4 is 10.1 Å². The molecule has 0 unspecified atom stereocenters. The van der Waals surface area contributed by atoms with Crippen molar-refractivity contribution in [3.8, 4) is 5.75 Å². The topological polar surface area (TPSA) is 102 Å². The van der Waals surface area contributed by atoms with E-state index in [0.717, 1.165) is 0 Å². The Labute approximate surface area is 152 Å². The van der Waals surface area contributed by atoms with Crippen LogP contribution in [0.15, 0.2) is 24.3 Å². The molecule has 8 nitrogen and oxygen atoms in total. The first-order valence-corrected chi connectivity index (χ1v) is 8.22. The van der Waals surface area contributed by atoms with Crippen LogP contribution in [0.25, 0.3) is 0 Å². The number of nitrogens with one attached hydrogen (secondary N) is 1. The predicted octanol–water partition coefficient (Wildman–Crippen LogP) is 0.796. The summed E-state index contributed by atoms with van der Waals surface area (Å²) in [5.74, 6) is -1.04. The van der Waals surface area contributed by atoms with Crippen LogP contribution in [0.1, 0.15) is 30.1 Å². The SMILES string of the molecule is CCOc1ccc(C(=O)CCC(=O)OCC(=O)NCC(=O)N(C)C)cc1. The van der Waals surface area contributed by atoms with Gasteiger partial charge in [-0.05, 0) is 31.2 Å². The molecule has 0 saturated carbocycles.